The van der Waals surface area contributed by atoms with Crippen molar-refractivity contribution in [3.63, 3.8) is 0 Å². The van der Waals surface area contributed by atoms with E-state index in [-0.39, 0.29) is 31.8 Å². The van der Waals surface area contributed by atoms with Crippen LogP contribution in [0.3, 0.4) is 0 Å². The summed E-state index contributed by atoms with van der Waals surface area (Å²) < 4.78 is 16.9. The molecular formula is C47H71NO9. The third kappa shape index (κ3) is 22.4. The Hall–Kier alpha value is -4.21. The summed E-state index contributed by atoms with van der Waals surface area (Å²) in [6.45, 7) is 5.67. The number of ether oxygens (including phenoxy) is 3. The molecule has 10 nitrogen and oxygen atoms in total. The van der Waals surface area contributed by atoms with E-state index in [1.165, 1.54) is 32.1 Å². The summed E-state index contributed by atoms with van der Waals surface area (Å²) >= 11 is 0. The lowest BCUT2D eigenvalue weighted by Gasteiger charge is -2.35. The van der Waals surface area contributed by atoms with E-state index in [1.807, 2.05) is 60.7 Å². The van der Waals surface area contributed by atoms with Crippen molar-refractivity contribution in [3.05, 3.63) is 71.8 Å². The number of carboxylic acid groups (broad SMARTS) is 1. The largest absolute Gasteiger partial charge is 0.481 e. The van der Waals surface area contributed by atoms with Gasteiger partial charge >= 0.3 is 23.9 Å². The van der Waals surface area contributed by atoms with Gasteiger partial charge in [0.15, 0.2) is 5.72 Å². The van der Waals surface area contributed by atoms with E-state index < -0.39 is 35.0 Å². The Kier molecular flexibility index (Phi) is 25.0. The van der Waals surface area contributed by atoms with Gasteiger partial charge in [0.25, 0.3) is 0 Å². The summed E-state index contributed by atoms with van der Waals surface area (Å²) in [5, 5.41) is 11.8. The summed E-state index contributed by atoms with van der Waals surface area (Å²) in [6.07, 6.45) is 18.0. The van der Waals surface area contributed by atoms with Crippen LogP contribution in [0.25, 0.3) is 0 Å². The van der Waals surface area contributed by atoms with Crippen molar-refractivity contribution < 1.29 is 43.3 Å². The molecule has 10 heteroatoms. The minimum Gasteiger partial charge on any atom is -0.481 e. The highest BCUT2D eigenvalue weighted by molar-refractivity contribution is 6.03. The first-order valence-electron chi connectivity index (χ1n) is 21.6. The minimum atomic E-state index is -1.47. The standard InChI is InChI=1S/C47H71NO9/c1-4-5-6-7-8-10-13-16-25-35-47(45(54)56-38-40-30-22-19-23-31-40,44(53)48-46(2,3)57-43(52)34-27-32-41(49)50)36-26-17-14-11-9-12-15-24-33-42(51)55-37-39-28-20-18-21-29-39/h18-23,28-31H,4-17,24-27,32-38H2,1-3H3,(H,48,53)(H,49,50). The first kappa shape index (κ1) is 48.9. The molecule has 1 amide bonds. The summed E-state index contributed by atoms with van der Waals surface area (Å²) in [6, 6.07) is 19.1. The Balaban J connectivity index is 2.01. The van der Waals surface area contributed by atoms with Crippen LogP contribution in [-0.4, -0.2) is 40.6 Å². The first-order valence-corrected chi connectivity index (χ1v) is 21.6. The van der Waals surface area contributed by atoms with Crippen molar-refractivity contribution in [3.8, 4) is 0 Å². The predicted molar refractivity (Wildman–Crippen MR) is 223 cm³/mol. The first-order chi connectivity index (χ1) is 27.5. The highest BCUT2D eigenvalue weighted by atomic mass is 16.6. The normalized spacial score (nSPS) is 12.3. The molecule has 0 fully saturated rings. The van der Waals surface area contributed by atoms with Crippen molar-refractivity contribution >= 4 is 29.8 Å². The van der Waals surface area contributed by atoms with Crippen molar-refractivity contribution in [1.29, 1.82) is 0 Å². The van der Waals surface area contributed by atoms with Crippen LogP contribution in [-0.2, 0) is 51.4 Å². The van der Waals surface area contributed by atoms with Gasteiger partial charge in [-0.2, -0.15) is 0 Å². The molecule has 1 atom stereocenters. The predicted octanol–water partition coefficient (Wildman–Crippen LogP) is 10.9. The van der Waals surface area contributed by atoms with Crippen molar-refractivity contribution in [2.45, 2.75) is 187 Å². The van der Waals surface area contributed by atoms with Crippen LogP contribution in [0.5, 0.6) is 0 Å². The maximum absolute atomic E-state index is 14.4. The van der Waals surface area contributed by atoms with Gasteiger partial charge in [-0.25, -0.2) is 0 Å². The molecule has 0 saturated heterocycles. The molecule has 0 spiro atoms. The van der Waals surface area contributed by atoms with E-state index in [2.05, 4.69) is 12.2 Å². The van der Waals surface area contributed by atoms with Gasteiger partial charge < -0.3 is 24.6 Å². The fourth-order valence-electron chi connectivity index (χ4n) is 6.95. The number of carbonyl (C=O) groups excluding carboxylic acids is 4. The van der Waals surface area contributed by atoms with Gasteiger partial charge in [0.05, 0.1) is 0 Å². The Morgan fingerprint density at radius 2 is 0.982 bits per heavy atom. The molecule has 318 valence electrons. The van der Waals surface area contributed by atoms with Crippen molar-refractivity contribution in [2.75, 3.05) is 0 Å². The number of amides is 1. The van der Waals surface area contributed by atoms with Gasteiger partial charge in [-0.05, 0) is 50.7 Å². The van der Waals surface area contributed by atoms with Crippen LogP contribution in [0.1, 0.15) is 180 Å². The monoisotopic (exact) mass is 794 g/mol. The third-order valence-electron chi connectivity index (χ3n) is 10.3. The Morgan fingerprint density at radius 3 is 1.47 bits per heavy atom. The van der Waals surface area contributed by atoms with Gasteiger partial charge in [0.2, 0.25) is 5.91 Å². The van der Waals surface area contributed by atoms with E-state index in [9.17, 15) is 24.0 Å². The number of rotatable bonds is 33. The lowest BCUT2D eigenvalue weighted by atomic mass is 9.76. The molecule has 0 aromatic heterocycles. The maximum Gasteiger partial charge on any atom is 0.321 e. The number of carbonyl (C=O) groups is 5. The molecule has 2 aromatic carbocycles. The Labute approximate surface area is 342 Å². The lowest BCUT2D eigenvalue weighted by Crippen LogP contribution is -2.55. The van der Waals surface area contributed by atoms with E-state index in [0.717, 1.165) is 75.3 Å². The second-order valence-corrected chi connectivity index (χ2v) is 15.9. The minimum absolute atomic E-state index is 0.0408. The van der Waals surface area contributed by atoms with E-state index in [4.69, 9.17) is 19.3 Å². The second-order valence-electron chi connectivity index (χ2n) is 15.9. The molecular weight excluding hydrogens is 723 g/mol. The average Bonchev–Trinajstić information content (AvgIpc) is 3.18. The zero-order valence-corrected chi connectivity index (χ0v) is 35.2. The summed E-state index contributed by atoms with van der Waals surface area (Å²) in [7, 11) is 0. The number of unbranched alkanes of at least 4 members (excludes halogenated alkanes) is 15. The van der Waals surface area contributed by atoms with E-state index in [1.54, 1.807) is 13.8 Å². The zero-order chi connectivity index (χ0) is 41.6. The van der Waals surface area contributed by atoms with Gasteiger partial charge in [0, 0.05) is 19.3 Å². The molecule has 2 aromatic rings. The smallest absolute Gasteiger partial charge is 0.321 e. The van der Waals surface area contributed by atoms with Crippen LogP contribution in [0.2, 0.25) is 0 Å². The fourth-order valence-corrected chi connectivity index (χ4v) is 6.95. The van der Waals surface area contributed by atoms with Crippen LogP contribution >= 0.6 is 0 Å². The fraction of sp³-hybridized carbons (Fsp3) is 0.638. The molecule has 0 bridgehead atoms. The molecule has 0 saturated carbocycles. The third-order valence-corrected chi connectivity index (χ3v) is 10.3. The highest BCUT2D eigenvalue weighted by Gasteiger charge is 2.48. The molecule has 0 aliphatic rings. The lowest BCUT2D eigenvalue weighted by molar-refractivity contribution is -0.170. The van der Waals surface area contributed by atoms with Crippen LogP contribution < -0.4 is 5.32 Å². The highest BCUT2D eigenvalue weighted by Crippen LogP contribution is 2.36. The maximum atomic E-state index is 14.4. The molecule has 0 aliphatic heterocycles. The van der Waals surface area contributed by atoms with Crippen molar-refractivity contribution in [1.82, 2.24) is 5.32 Å². The summed E-state index contributed by atoms with van der Waals surface area (Å²) in [5.41, 5.74) is -1.10. The number of nitrogens with one attached hydrogen (secondary N) is 1. The topological polar surface area (TPSA) is 145 Å². The van der Waals surface area contributed by atoms with Gasteiger partial charge in [-0.1, -0.05) is 170 Å². The van der Waals surface area contributed by atoms with E-state index in [0.29, 0.717) is 38.7 Å². The Morgan fingerprint density at radius 1 is 0.544 bits per heavy atom. The van der Waals surface area contributed by atoms with Crippen LogP contribution in [0.15, 0.2) is 60.7 Å². The van der Waals surface area contributed by atoms with E-state index >= 15 is 0 Å². The molecule has 0 aliphatic carbocycles. The SMILES string of the molecule is CCCCCCCCCCCC(CCCCCCCCCCC(=O)OCc1ccccc1)(C(=O)NC(C)(C)OC(=O)CCCC(=O)O)C(=O)OCc1ccccc1. The van der Waals surface area contributed by atoms with Crippen molar-refractivity contribution in [2.24, 2.45) is 5.41 Å². The number of hydrogen-bond acceptors (Lipinski definition) is 8. The van der Waals surface area contributed by atoms with Crippen LogP contribution in [0, 0.1) is 5.41 Å². The average molecular weight is 794 g/mol. The number of benzene rings is 2. The quantitative estimate of drug-likeness (QED) is 0.0237. The summed E-state index contributed by atoms with van der Waals surface area (Å²) in [4.78, 5) is 64.3. The summed E-state index contributed by atoms with van der Waals surface area (Å²) in [5.74, 6) is -2.89. The Bertz CT molecular complexity index is 1430. The van der Waals surface area contributed by atoms with Gasteiger partial charge in [-0.15, -0.1) is 0 Å². The number of hydrogen-bond donors (Lipinski definition) is 2. The number of esters is 3. The van der Waals surface area contributed by atoms with Gasteiger partial charge in [0.1, 0.15) is 18.6 Å². The second kappa shape index (κ2) is 29.1. The molecule has 2 N–H and O–H groups in total. The number of aliphatic carboxylic acids is 1. The molecule has 0 heterocycles. The van der Waals surface area contributed by atoms with Gasteiger partial charge in [-0.3, -0.25) is 24.0 Å². The molecule has 0 radical (unpaired) electrons. The van der Waals surface area contributed by atoms with Crippen LogP contribution in [0.4, 0.5) is 0 Å². The molecule has 2 rings (SSSR count). The molecule has 1 unspecified atom stereocenters. The molecule has 57 heavy (non-hydrogen) atoms. The number of carboxylic acids is 1. The zero-order valence-electron chi connectivity index (χ0n) is 35.2.